The van der Waals surface area contributed by atoms with Gasteiger partial charge in [0.1, 0.15) is 11.5 Å². The third kappa shape index (κ3) is 5.48. The van der Waals surface area contributed by atoms with Gasteiger partial charge in [-0.2, -0.15) is 0 Å². The molecule has 0 aliphatic carbocycles. The van der Waals surface area contributed by atoms with Crippen LogP contribution in [0.2, 0.25) is 0 Å². The average Bonchev–Trinajstić information content (AvgIpc) is 2.26. The standard InChI is InChI=1S/C13H18F3NO2/c1-8(2)6-19-7-10(18)5-17-13-11(15)3-9(14)4-12(13)16/h3-4,8,10,17-18H,5-7H2,1-2H3. The molecule has 0 fully saturated rings. The van der Waals surface area contributed by atoms with Crippen molar-refractivity contribution in [3.63, 3.8) is 0 Å². The number of hydrogen-bond donors (Lipinski definition) is 2. The molecule has 0 bridgehead atoms. The lowest BCUT2D eigenvalue weighted by atomic mass is 10.2. The van der Waals surface area contributed by atoms with E-state index < -0.39 is 29.2 Å². The zero-order valence-electron chi connectivity index (χ0n) is 10.9. The first-order valence-electron chi connectivity index (χ1n) is 6.04. The molecule has 1 atom stereocenters. The topological polar surface area (TPSA) is 41.5 Å². The Morgan fingerprint density at radius 2 is 1.74 bits per heavy atom. The maximum absolute atomic E-state index is 13.3. The van der Waals surface area contributed by atoms with Gasteiger partial charge in [-0.25, -0.2) is 13.2 Å². The van der Waals surface area contributed by atoms with Crippen molar-refractivity contribution in [2.75, 3.05) is 25.1 Å². The van der Waals surface area contributed by atoms with E-state index in [1.807, 2.05) is 13.8 Å². The van der Waals surface area contributed by atoms with Gasteiger partial charge in [0.2, 0.25) is 0 Å². The molecule has 0 radical (unpaired) electrons. The fraction of sp³-hybridized carbons (Fsp3) is 0.538. The molecule has 0 spiro atoms. The van der Waals surface area contributed by atoms with Crippen LogP contribution in [0.3, 0.4) is 0 Å². The Hall–Kier alpha value is -1.27. The van der Waals surface area contributed by atoms with Crippen LogP contribution in [0, 0.1) is 23.4 Å². The summed E-state index contributed by atoms with van der Waals surface area (Å²) in [7, 11) is 0. The number of aliphatic hydroxyl groups excluding tert-OH is 1. The highest BCUT2D eigenvalue weighted by Gasteiger charge is 2.13. The molecule has 1 aromatic carbocycles. The SMILES string of the molecule is CC(C)COCC(O)CNc1c(F)cc(F)cc1F. The van der Waals surface area contributed by atoms with Gasteiger partial charge in [0.25, 0.3) is 0 Å². The van der Waals surface area contributed by atoms with E-state index in [-0.39, 0.29) is 13.2 Å². The monoisotopic (exact) mass is 277 g/mol. The summed E-state index contributed by atoms with van der Waals surface area (Å²) in [6.45, 7) is 4.41. The van der Waals surface area contributed by atoms with Crippen LogP contribution in [0.1, 0.15) is 13.8 Å². The lowest BCUT2D eigenvalue weighted by Gasteiger charge is -2.15. The van der Waals surface area contributed by atoms with Crippen molar-refractivity contribution in [1.29, 1.82) is 0 Å². The van der Waals surface area contributed by atoms with Crippen molar-refractivity contribution in [3.05, 3.63) is 29.6 Å². The van der Waals surface area contributed by atoms with Crippen molar-refractivity contribution in [1.82, 2.24) is 0 Å². The summed E-state index contributed by atoms with van der Waals surface area (Å²) in [6.07, 6.45) is -0.900. The first-order chi connectivity index (χ1) is 8.90. The van der Waals surface area contributed by atoms with Gasteiger partial charge in [0, 0.05) is 25.3 Å². The summed E-state index contributed by atoms with van der Waals surface area (Å²) in [5, 5.41) is 12.0. The normalized spacial score (nSPS) is 12.8. The summed E-state index contributed by atoms with van der Waals surface area (Å²) in [5.74, 6) is -2.71. The maximum Gasteiger partial charge on any atom is 0.152 e. The molecule has 0 saturated heterocycles. The summed E-state index contributed by atoms with van der Waals surface area (Å²) in [4.78, 5) is 0. The molecule has 6 heteroatoms. The highest BCUT2D eigenvalue weighted by Crippen LogP contribution is 2.19. The third-order valence-corrected chi connectivity index (χ3v) is 2.28. The van der Waals surface area contributed by atoms with Crippen LogP contribution in [0.4, 0.5) is 18.9 Å². The van der Waals surface area contributed by atoms with Crippen LogP contribution in [0.5, 0.6) is 0 Å². The minimum Gasteiger partial charge on any atom is -0.389 e. The molecule has 0 saturated carbocycles. The number of hydrogen-bond acceptors (Lipinski definition) is 3. The number of aliphatic hydroxyl groups is 1. The number of rotatable bonds is 7. The van der Waals surface area contributed by atoms with Gasteiger partial charge in [-0.05, 0) is 5.92 Å². The van der Waals surface area contributed by atoms with Gasteiger partial charge >= 0.3 is 0 Å². The largest absolute Gasteiger partial charge is 0.389 e. The van der Waals surface area contributed by atoms with Gasteiger partial charge in [-0.3, -0.25) is 0 Å². The molecule has 0 amide bonds. The van der Waals surface area contributed by atoms with Crippen molar-refractivity contribution < 1.29 is 23.0 Å². The van der Waals surface area contributed by atoms with E-state index in [0.29, 0.717) is 24.7 Å². The highest BCUT2D eigenvalue weighted by atomic mass is 19.1. The van der Waals surface area contributed by atoms with E-state index in [1.165, 1.54) is 0 Å². The molecule has 1 rings (SSSR count). The molecule has 1 aromatic rings. The molecule has 2 N–H and O–H groups in total. The van der Waals surface area contributed by atoms with Crippen molar-refractivity contribution in [2.24, 2.45) is 5.92 Å². The van der Waals surface area contributed by atoms with Crippen molar-refractivity contribution in [2.45, 2.75) is 20.0 Å². The second-order valence-electron chi connectivity index (χ2n) is 4.71. The fourth-order valence-electron chi connectivity index (χ4n) is 1.43. The lowest BCUT2D eigenvalue weighted by molar-refractivity contribution is 0.0317. The van der Waals surface area contributed by atoms with Crippen molar-refractivity contribution in [3.8, 4) is 0 Å². The fourth-order valence-corrected chi connectivity index (χ4v) is 1.43. The predicted molar refractivity (Wildman–Crippen MR) is 66.5 cm³/mol. The first-order valence-corrected chi connectivity index (χ1v) is 6.04. The number of ether oxygens (including phenoxy) is 1. The molecule has 0 aromatic heterocycles. The van der Waals surface area contributed by atoms with E-state index in [9.17, 15) is 18.3 Å². The molecular weight excluding hydrogens is 259 g/mol. The Bertz CT molecular complexity index is 390. The summed E-state index contributed by atoms with van der Waals surface area (Å²) in [6, 6.07) is 1.15. The quantitative estimate of drug-likeness (QED) is 0.805. The summed E-state index contributed by atoms with van der Waals surface area (Å²) in [5.41, 5.74) is -0.454. The van der Waals surface area contributed by atoms with Crippen LogP contribution in [0.25, 0.3) is 0 Å². The number of nitrogens with one attached hydrogen (secondary N) is 1. The van der Waals surface area contributed by atoms with Crippen molar-refractivity contribution >= 4 is 5.69 Å². The molecule has 108 valence electrons. The van der Waals surface area contributed by atoms with Gasteiger partial charge in [0.15, 0.2) is 11.6 Å². The zero-order chi connectivity index (χ0) is 14.4. The van der Waals surface area contributed by atoms with Gasteiger partial charge < -0.3 is 15.2 Å². The van der Waals surface area contributed by atoms with Crippen LogP contribution in [-0.2, 0) is 4.74 Å². The van der Waals surface area contributed by atoms with Crippen LogP contribution in [-0.4, -0.2) is 31.0 Å². The van der Waals surface area contributed by atoms with Gasteiger partial charge in [-0.1, -0.05) is 13.8 Å². The van der Waals surface area contributed by atoms with E-state index in [1.54, 1.807) is 0 Å². The van der Waals surface area contributed by atoms with E-state index in [4.69, 9.17) is 4.74 Å². The lowest BCUT2D eigenvalue weighted by Crippen LogP contribution is -2.26. The summed E-state index contributed by atoms with van der Waals surface area (Å²) < 4.78 is 44.4. The molecule has 0 heterocycles. The minimum absolute atomic E-state index is 0.0651. The molecule has 0 aliphatic rings. The van der Waals surface area contributed by atoms with Crippen LogP contribution < -0.4 is 5.32 Å². The van der Waals surface area contributed by atoms with E-state index in [0.717, 1.165) is 0 Å². The number of anilines is 1. The van der Waals surface area contributed by atoms with Gasteiger partial charge in [0.05, 0.1) is 12.7 Å². The Labute approximate surface area is 110 Å². The van der Waals surface area contributed by atoms with Crippen LogP contribution in [0.15, 0.2) is 12.1 Å². The Balaban J connectivity index is 2.44. The van der Waals surface area contributed by atoms with E-state index in [2.05, 4.69) is 5.32 Å². The molecule has 19 heavy (non-hydrogen) atoms. The first kappa shape index (κ1) is 15.8. The zero-order valence-corrected chi connectivity index (χ0v) is 10.9. The number of benzene rings is 1. The Morgan fingerprint density at radius 1 is 1.16 bits per heavy atom. The number of halogens is 3. The minimum atomic E-state index is -1.03. The smallest absolute Gasteiger partial charge is 0.152 e. The second-order valence-corrected chi connectivity index (χ2v) is 4.71. The molecule has 0 aliphatic heterocycles. The molecule has 1 unspecified atom stereocenters. The Kier molecular flexibility index (Phi) is 6.11. The van der Waals surface area contributed by atoms with E-state index >= 15 is 0 Å². The second kappa shape index (κ2) is 7.35. The highest BCUT2D eigenvalue weighted by molar-refractivity contribution is 5.46. The maximum atomic E-state index is 13.3. The molecular formula is C13H18F3NO2. The summed E-state index contributed by atoms with van der Waals surface area (Å²) >= 11 is 0. The molecule has 3 nitrogen and oxygen atoms in total. The average molecular weight is 277 g/mol. The Morgan fingerprint density at radius 3 is 2.26 bits per heavy atom. The predicted octanol–water partition coefficient (Wildman–Crippen LogP) is 2.55. The third-order valence-electron chi connectivity index (χ3n) is 2.28. The van der Waals surface area contributed by atoms with Gasteiger partial charge in [-0.15, -0.1) is 0 Å². The van der Waals surface area contributed by atoms with Crippen LogP contribution >= 0.6 is 0 Å².